The third kappa shape index (κ3) is 5.63. The standard InChI is InChI=1S/C17H19ClN6.C6H12/c1-17(7-2-3-8-17)24-15-19-10-13-14(22-15)23-16(21-13)20-12-6-4-5-11(18)9-12;1-2-4-6-5-3-1/h4-6,9-10H,2-3,7-8H2,1H3,(H3,19,20,21,22,23,24);1-6H2. The van der Waals surface area contributed by atoms with Crippen LogP contribution in [-0.4, -0.2) is 25.5 Å². The third-order valence-corrected chi connectivity index (χ3v) is 6.18. The van der Waals surface area contributed by atoms with Crippen molar-refractivity contribution in [1.29, 1.82) is 0 Å². The maximum Gasteiger partial charge on any atom is 0.225 e. The molecule has 2 aliphatic carbocycles. The van der Waals surface area contributed by atoms with E-state index in [9.17, 15) is 0 Å². The summed E-state index contributed by atoms with van der Waals surface area (Å²) in [6, 6.07) is 7.49. The topological polar surface area (TPSA) is 78.5 Å². The second-order valence-corrected chi connectivity index (χ2v) is 9.10. The highest BCUT2D eigenvalue weighted by Crippen LogP contribution is 2.31. The highest BCUT2D eigenvalue weighted by Gasteiger charge is 2.29. The van der Waals surface area contributed by atoms with Crippen LogP contribution in [0.25, 0.3) is 11.2 Å². The molecule has 3 aromatic rings. The number of halogens is 1. The van der Waals surface area contributed by atoms with E-state index in [0.717, 1.165) is 24.0 Å². The Kier molecular flexibility index (Phi) is 6.72. The van der Waals surface area contributed by atoms with E-state index in [2.05, 4.69) is 37.5 Å². The Hall–Kier alpha value is -2.34. The Balaban J connectivity index is 0.000000313. The lowest BCUT2D eigenvalue weighted by molar-refractivity contribution is 0.504. The molecule has 6 nitrogen and oxygen atoms in total. The smallest absolute Gasteiger partial charge is 0.225 e. The van der Waals surface area contributed by atoms with Gasteiger partial charge in [-0.25, -0.2) is 4.98 Å². The minimum atomic E-state index is 0.0891. The van der Waals surface area contributed by atoms with Crippen molar-refractivity contribution in [2.24, 2.45) is 0 Å². The zero-order chi connectivity index (χ0) is 20.8. The number of anilines is 3. The molecule has 0 aliphatic heterocycles. The number of nitrogens with one attached hydrogen (secondary N) is 3. The van der Waals surface area contributed by atoms with Crippen molar-refractivity contribution in [2.45, 2.75) is 76.7 Å². The number of aromatic amines is 1. The molecule has 2 aliphatic rings. The van der Waals surface area contributed by atoms with E-state index < -0.39 is 0 Å². The van der Waals surface area contributed by atoms with E-state index in [1.165, 1.54) is 51.4 Å². The zero-order valence-electron chi connectivity index (χ0n) is 17.7. The van der Waals surface area contributed by atoms with Gasteiger partial charge in [0, 0.05) is 16.2 Å². The summed E-state index contributed by atoms with van der Waals surface area (Å²) < 4.78 is 0. The van der Waals surface area contributed by atoms with Crippen LogP contribution in [0.15, 0.2) is 30.5 Å². The number of imidazole rings is 1. The predicted octanol–water partition coefficient (Wildman–Crippen LogP) is 6.84. The Labute approximate surface area is 183 Å². The van der Waals surface area contributed by atoms with Gasteiger partial charge in [-0.15, -0.1) is 0 Å². The van der Waals surface area contributed by atoms with E-state index in [1.807, 2.05) is 24.3 Å². The molecule has 0 atom stereocenters. The molecular formula is C23H31ClN6. The van der Waals surface area contributed by atoms with Crippen molar-refractivity contribution in [3.8, 4) is 0 Å². The number of benzene rings is 1. The van der Waals surface area contributed by atoms with Gasteiger partial charge in [-0.2, -0.15) is 9.97 Å². The van der Waals surface area contributed by atoms with Gasteiger partial charge >= 0.3 is 0 Å². The lowest BCUT2D eigenvalue weighted by Crippen LogP contribution is -2.31. The number of hydrogen-bond donors (Lipinski definition) is 3. The lowest BCUT2D eigenvalue weighted by atomic mass is 10.0. The van der Waals surface area contributed by atoms with Crippen molar-refractivity contribution in [3.05, 3.63) is 35.5 Å². The van der Waals surface area contributed by atoms with Crippen LogP contribution in [0, 0.1) is 0 Å². The van der Waals surface area contributed by atoms with Crippen LogP contribution < -0.4 is 10.6 Å². The van der Waals surface area contributed by atoms with Crippen molar-refractivity contribution >= 4 is 40.3 Å². The highest BCUT2D eigenvalue weighted by molar-refractivity contribution is 6.30. The zero-order valence-corrected chi connectivity index (χ0v) is 18.4. The van der Waals surface area contributed by atoms with Crippen LogP contribution in [0.1, 0.15) is 71.1 Å². The first-order valence-corrected chi connectivity index (χ1v) is 11.5. The maximum absolute atomic E-state index is 6.00. The first kappa shape index (κ1) is 20.9. The second-order valence-electron chi connectivity index (χ2n) is 8.67. The van der Waals surface area contributed by atoms with E-state index in [1.54, 1.807) is 6.20 Å². The van der Waals surface area contributed by atoms with E-state index in [0.29, 0.717) is 22.6 Å². The summed E-state index contributed by atoms with van der Waals surface area (Å²) >= 11 is 6.00. The monoisotopic (exact) mass is 426 g/mol. The Morgan fingerprint density at radius 1 is 0.967 bits per heavy atom. The fraction of sp³-hybridized carbons (Fsp3) is 0.522. The molecule has 2 saturated carbocycles. The van der Waals surface area contributed by atoms with E-state index in [-0.39, 0.29) is 5.54 Å². The molecule has 2 heterocycles. The summed E-state index contributed by atoms with van der Waals surface area (Å²) in [5, 5.41) is 7.33. The summed E-state index contributed by atoms with van der Waals surface area (Å²) in [4.78, 5) is 16.6. The number of rotatable bonds is 4. The quantitative estimate of drug-likeness (QED) is 0.425. The van der Waals surface area contributed by atoms with Crippen LogP contribution in [-0.2, 0) is 0 Å². The van der Waals surface area contributed by atoms with Gasteiger partial charge in [0.05, 0.1) is 6.20 Å². The summed E-state index contributed by atoms with van der Waals surface area (Å²) in [5.41, 5.74) is 2.39. The second kappa shape index (κ2) is 9.65. The van der Waals surface area contributed by atoms with Gasteiger partial charge in [-0.1, -0.05) is 69.0 Å². The SMILES string of the molecule is C1CCCCC1.CC1(Nc2ncc3[nH]c(Nc4cccc(Cl)c4)nc3n2)CCCC1. The average molecular weight is 427 g/mol. The molecule has 160 valence electrons. The molecule has 30 heavy (non-hydrogen) atoms. The van der Waals surface area contributed by atoms with Gasteiger partial charge in [0.2, 0.25) is 11.9 Å². The minimum Gasteiger partial charge on any atom is -0.349 e. The molecule has 1 aromatic carbocycles. The predicted molar refractivity (Wildman–Crippen MR) is 125 cm³/mol. The first-order valence-electron chi connectivity index (χ1n) is 11.1. The number of fused-ring (bicyclic) bond motifs is 1. The van der Waals surface area contributed by atoms with Crippen LogP contribution in [0.2, 0.25) is 5.02 Å². The molecule has 7 heteroatoms. The molecule has 5 rings (SSSR count). The Bertz CT molecular complexity index is 948. The summed E-state index contributed by atoms with van der Waals surface area (Å²) in [5.74, 6) is 1.25. The molecular weight excluding hydrogens is 396 g/mol. The summed E-state index contributed by atoms with van der Waals surface area (Å²) in [6.07, 6.45) is 15.6. The molecule has 0 bridgehead atoms. The van der Waals surface area contributed by atoms with Crippen molar-refractivity contribution in [1.82, 2.24) is 19.9 Å². The van der Waals surface area contributed by atoms with Gasteiger partial charge in [0.1, 0.15) is 5.52 Å². The number of H-pyrrole nitrogens is 1. The molecule has 0 amide bonds. The van der Waals surface area contributed by atoms with Crippen molar-refractivity contribution in [2.75, 3.05) is 10.6 Å². The molecule has 0 unspecified atom stereocenters. The van der Waals surface area contributed by atoms with Gasteiger partial charge in [-0.3, -0.25) is 0 Å². The van der Waals surface area contributed by atoms with Gasteiger partial charge in [0.15, 0.2) is 5.65 Å². The van der Waals surface area contributed by atoms with Crippen LogP contribution in [0.5, 0.6) is 0 Å². The molecule has 3 N–H and O–H groups in total. The Morgan fingerprint density at radius 2 is 1.67 bits per heavy atom. The number of aromatic nitrogens is 4. The average Bonchev–Trinajstić information content (AvgIpc) is 3.35. The van der Waals surface area contributed by atoms with Gasteiger partial charge in [-0.05, 0) is 38.0 Å². The largest absolute Gasteiger partial charge is 0.349 e. The molecule has 0 radical (unpaired) electrons. The third-order valence-electron chi connectivity index (χ3n) is 5.95. The van der Waals surface area contributed by atoms with Crippen molar-refractivity contribution in [3.63, 3.8) is 0 Å². The fourth-order valence-electron chi connectivity index (χ4n) is 4.24. The number of nitrogens with zero attached hydrogens (tertiary/aromatic N) is 3. The van der Waals surface area contributed by atoms with Crippen molar-refractivity contribution < 1.29 is 0 Å². The first-order chi connectivity index (χ1) is 14.6. The van der Waals surface area contributed by atoms with Crippen LogP contribution in [0.3, 0.4) is 0 Å². The van der Waals surface area contributed by atoms with Gasteiger partial charge < -0.3 is 15.6 Å². The summed E-state index contributed by atoms with van der Waals surface area (Å²) in [7, 11) is 0. The highest BCUT2D eigenvalue weighted by atomic mass is 35.5. The number of hydrogen-bond acceptors (Lipinski definition) is 5. The van der Waals surface area contributed by atoms with E-state index >= 15 is 0 Å². The minimum absolute atomic E-state index is 0.0891. The normalized spacial score (nSPS) is 17.9. The molecule has 0 saturated heterocycles. The molecule has 2 aromatic heterocycles. The van der Waals surface area contributed by atoms with Gasteiger partial charge in [0.25, 0.3) is 0 Å². The van der Waals surface area contributed by atoms with Crippen LogP contribution in [0.4, 0.5) is 17.6 Å². The molecule has 0 spiro atoms. The van der Waals surface area contributed by atoms with E-state index in [4.69, 9.17) is 11.6 Å². The van der Waals surface area contributed by atoms with Crippen LogP contribution >= 0.6 is 11.6 Å². The Morgan fingerprint density at radius 3 is 2.33 bits per heavy atom. The fourth-order valence-corrected chi connectivity index (χ4v) is 4.43. The maximum atomic E-state index is 6.00. The summed E-state index contributed by atoms with van der Waals surface area (Å²) in [6.45, 7) is 2.23. The molecule has 2 fully saturated rings. The lowest BCUT2D eigenvalue weighted by Gasteiger charge is -2.24.